The summed E-state index contributed by atoms with van der Waals surface area (Å²) in [5, 5.41) is 3.47. The molecule has 0 heterocycles. The summed E-state index contributed by atoms with van der Waals surface area (Å²) in [4.78, 5) is 13.0. The molecule has 0 aromatic heterocycles. The minimum atomic E-state index is -0.513. The number of rotatable bonds is 10. The highest BCUT2D eigenvalue weighted by Gasteiger charge is 2.18. The molecule has 0 fully saturated rings. The van der Waals surface area contributed by atoms with Crippen LogP contribution in [-0.2, 0) is 11.3 Å². The molecule has 0 spiro atoms. The molecule has 1 rings (SSSR count). The summed E-state index contributed by atoms with van der Waals surface area (Å²) >= 11 is 0. The monoisotopic (exact) mass is 323 g/mol. The van der Waals surface area contributed by atoms with Gasteiger partial charge in [-0.3, -0.25) is 4.79 Å². The van der Waals surface area contributed by atoms with Crippen LogP contribution in [0.4, 0.5) is 0 Å². The van der Waals surface area contributed by atoms with Gasteiger partial charge >= 0.3 is 0 Å². The van der Waals surface area contributed by atoms with Gasteiger partial charge in [-0.1, -0.05) is 19.9 Å². The lowest BCUT2D eigenvalue weighted by Crippen LogP contribution is -2.37. The van der Waals surface area contributed by atoms with Gasteiger partial charge in [0.1, 0.15) is 0 Å². The third-order valence-corrected chi connectivity index (χ3v) is 3.27. The van der Waals surface area contributed by atoms with E-state index in [4.69, 9.17) is 15.2 Å². The van der Waals surface area contributed by atoms with Crippen molar-refractivity contribution < 1.29 is 14.3 Å². The molecular formula is C17H29N3O3. The Morgan fingerprint density at radius 1 is 1.30 bits per heavy atom. The Labute approximate surface area is 138 Å². The zero-order valence-electron chi connectivity index (χ0n) is 14.8. The maximum atomic E-state index is 10.8. The van der Waals surface area contributed by atoms with Crippen LogP contribution in [0.3, 0.4) is 0 Å². The van der Waals surface area contributed by atoms with Crippen molar-refractivity contribution in [1.29, 1.82) is 0 Å². The van der Waals surface area contributed by atoms with Crippen LogP contribution in [0.2, 0.25) is 0 Å². The SMILES string of the molecule is COc1cc(CNCC(C)(C)CN(C)C)ccc1OCC(N)=O. The van der Waals surface area contributed by atoms with E-state index in [1.54, 1.807) is 13.2 Å². The molecule has 0 atom stereocenters. The maximum Gasteiger partial charge on any atom is 0.255 e. The Kier molecular flexibility index (Phi) is 7.32. The van der Waals surface area contributed by atoms with Crippen LogP contribution >= 0.6 is 0 Å². The smallest absolute Gasteiger partial charge is 0.255 e. The Balaban J connectivity index is 2.59. The normalized spacial score (nSPS) is 11.6. The van der Waals surface area contributed by atoms with E-state index in [0.29, 0.717) is 11.5 Å². The predicted octanol–water partition coefficient (Wildman–Crippen LogP) is 1.24. The first-order chi connectivity index (χ1) is 10.7. The summed E-state index contributed by atoms with van der Waals surface area (Å²) in [6.45, 7) is 6.98. The quantitative estimate of drug-likeness (QED) is 0.677. The van der Waals surface area contributed by atoms with Gasteiger partial charge < -0.3 is 25.4 Å². The fourth-order valence-corrected chi connectivity index (χ4v) is 2.55. The second-order valence-corrected chi connectivity index (χ2v) is 6.75. The number of nitrogens with zero attached hydrogens (tertiary/aromatic N) is 1. The average Bonchev–Trinajstić information content (AvgIpc) is 2.43. The van der Waals surface area contributed by atoms with Gasteiger partial charge in [0.2, 0.25) is 0 Å². The zero-order chi connectivity index (χ0) is 17.5. The van der Waals surface area contributed by atoms with Crippen molar-refractivity contribution in [2.75, 3.05) is 40.9 Å². The van der Waals surface area contributed by atoms with E-state index < -0.39 is 5.91 Å². The standard InChI is InChI=1S/C17H29N3O3/c1-17(2,12-20(3)4)11-19-9-13-6-7-14(15(8-13)22-5)23-10-16(18)21/h6-8,19H,9-12H2,1-5H3,(H2,18,21). The number of amides is 1. The number of primary amides is 1. The fraction of sp³-hybridized carbons (Fsp3) is 0.588. The Bertz CT molecular complexity index is 516. The zero-order valence-corrected chi connectivity index (χ0v) is 14.8. The number of hydrogen-bond acceptors (Lipinski definition) is 5. The van der Waals surface area contributed by atoms with Gasteiger partial charge in [-0.2, -0.15) is 0 Å². The van der Waals surface area contributed by atoms with Gasteiger partial charge in [0, 0.05) is 19.6 Å². The van der Waals surface area contributed by atoms with E-state index in [-0.39, 0.29) is 12.0 Å². The van der Waals surface area contributed by atoms with Crippen molar-refractivity contribution in [3.05, 3.63) is 23.8 Å². The third-order valence-electron chi connectivity index (χ3n) is 3.27. The van der Waals surface area contributed by atoms with E-state index in [0.717, 1.165) is 25.2 Å². The number of ether oxygens (including phenoxy) is 2. The molecule has 3 N–H and O–H groups in total. The number of hydrogen-bond donors (Lipinski definition) is 2. The van der Waals surface area contributed by atoms with Crippen LogP contribution in [0.1, 0.15) is 19.4 Å². The van der Waals surface area contributed by atoms with Crippen LogP contribution in [0.15, 0.2) is 18.2 Å². The van der Waals surface area contributed by atoms with Crippen LogP contribution in [0.25, 0.3) is 0 Å². The number of nitrogens with two attached hydrogens (primary N) is 1. The van der Waals surface area contributed by atoms with Crippen LogP contribution in [0.5, 0.6) is 11.5 Å². The van der Waals surface area contributed by atoms with Gasteiger partial charge in [-0.05, 0) is 37.2 Å². The molecule has 0 radical (unpaired) electrons. The molecule has 0 saturated heterocycles. The van der Waals surface area contributed by atoms with Crippen LogP contribution in [-0.4, -0.2) is 51.7 Å². The minimum Gasteiger partial charge on any atom is -0.493 e. The van der Waals surface area contributed by atoms with Crippen molar-refractivity contribution >= 4 is 5.91 Å². The largest absolute Gasteiger partial charge is 0.493 e. The van der Waals surface area contributed by atoms with Crippen molar-refractivity contribution in [3.63, 3.8) is 0 Å². The minimum absolute atomic E-state index is 0.160. The fourth-order valence-electron chi connectivity index (χ4n) is 2.55. The molecule has 0 aliphatic heterocycles. The van der Waals surface area contributed by atoms with Crippen LogP contribution in [0, 0.1) is 5.41 Å². The number of nitrogens with one attached hydrogen (secondary N) is 1. The molecule has 6 heteroatoms. The van der Waals surface area contributed by atoms with Crippen LogP contribution < -0.4 is 20.5 Å². The summed E-state index contributed by atoms with van der Waals surface area (Å²) in [7, 11) is 5.73. The molecule has 0 saturated carbocycles. The lowest BCUT2D eigenvalue weighted by molar-refractivity contribution is -0.119. The highest BCUT2D eigenvalue weighted by atomic mass is 16.5. The van der Waals surface area contributed by atoms with Gasteiger partial charge in [-0.15, -0.1) is 0 Å². The van der Waals surface area contributed by atoms with Crippen molar-refractivity contribution in [3.8, 4) is 11.5 Å². The summed E-state index contributed by atoms with van der Waals surface area (Å²) in [6.07, 6.45) is 0. The highest BCUT2D eigenvalue weighted by Crippen LogP contribution is 2.28. The van der Waals surface area contributed by atoms with E-state index >= 15 is 0 Å². The summed E-state index contributed by atoms with van der Waals surface area (Å²) in [6, 6.07) is 5.65. The van der Waals surface area contributed by atoms with Crippen molar-refractivity contribution in [2.45, 2.75) is 20.4 Å². The molecule has 23 heavy (non-hydrogen) atoms. The molecule has 0 aliphatic rings. The number of methoxy groups -OCH3 is 1. The second-order valence-electron chi connectivity index (χ2n) is 6.75. The first kappa shape index (κ1) is 19.3. The first-order valence-electron chi connectivity index (χ1n) is 7.67. The topological polar surface area (TPSA) is 76.8 Å². The molecule has 0 unspecified atom stereocenters. The van der Waals surface area contributed by atoms with E-state index in [9.17, 15) is 4.79 Å². The molecule has 130 valence electrons. The summed E-state index contributed by atoms with van der Waals surface area (Å²) in [5.41, 5.74) is 6.37. The second kappa shape index (κ2) is 8.74. The predicted molar refractivity (Wildman–Crippen MR) is 91.7 cm³/mol. The average molecular weight is 323 g/mol. The van der Waals surface area contributed by atoms with Gasteiger partial charge in [0.25, 0.3) is 5.91 Å². The Hall–Kier alpha value is -1.79. The molecule has 1 amide bonds. The van der Waals surface area contributed by atoms with Crippen molar-refractivity contribution in [2.24, 2.45) is 11.1 Å². The third kappa shape index (κ3) is 7.34. The number of benzene rings is 1. The molecule has 0 aliphatic carbocycles. The number of carbonyl (C=O) groups excluding carboxylic acids is 1. The maximum absolute atomic E-state index is 10.8. The lowest BCUT2D eigenvalue weighted by atomic mass is 9.93. The van der Waals surface area contributed by atoms with E-state index in [1.807, 2.05) is 12.1 Å². The molecule has 0 bridgehead atoms. The molecule has 6 nitrogen and oxygen atoms in total. The summed E-state index contributed by atoms with van der Waals surface area (Å²) < 4.78 is 10.6. The molecular weight excluding hydrogens is 294 g/mol. The first-order valence-corrected chi connectivity index (χ1v) is 7.67. The van der Waals surface area contributed by atoms with Gasteiger partial charge in [0.05, 0.1) is 7.11 Å². The Morgan fingerprint density at radius 3 is 2.57 bits per heavy atom. The van der Waals surface area contributed by atoms with Gasteiger partial charge in [-0.25, -0.2) is 0 Å². The van der Waals surface area contributed by atoms with Crippen molar-refractivity contribution in [1.82, 2.24) is 10.2 Å². The molecule has 1 aromatic rings. The van der Waals surface area contributed by atoms with E-state index in [1.165, 1.54) is 0 Å². The Morgan fingerprint density at radius 2 is 2.00 bits per heavy atom. The number of carbonyl (C=O) groups is 1. The van der Waals surface area contributed by atoms with Gasteiger partial charge in [0.15, 0.2) is 18.1 Å². The van der Waals surface area contributed by atoms with E-state index in [2.05, 4.69) is 38.2 Å². The lowest BCUT2D eigenvalue weighted by Gasteiger charge is -2.28. The highest BCUT2D eigenvalue weighted by molar-refractivity contribution is 5.75. The summed E-state index contributed by atoms with van der Waals surface area (Å²) in [5.74, 6) is 0.599. The molecule has 1 aromatic carbocycles.